The molecule has 0 saturated carbocycles. The van der Waals surface area contributed by atoms with Crippen LogP contribution < -0.4 is 0 Å². The molecule has 0 aliphatic carbocycles. The molecule has 13 heavy (non-hydrogen) atoms. The largest absolute Gasteiger partial charge is 0.463 e. The number of carbonyl (C=O) groups is 1. The van der Waals surface area contributed by atoms with Crippen LogP contribution in [0.25, 0.3) is 0 Å². The summed E-state index contributed by atoms with van der Waals surface area (Å²) in [7, 11) is 0. The van der Waals surface area contributed by atoms with E-state index in [0.717, 1.165) is 0 Å². The van der Waals surface area contributed by atoms with Gasteiger partial charge in [-0.15, -0.1) is 5.12 Å². The predicted octanol–water partition coefficient (Wildman–Crippen LogP) is 2.52. The van der Waals surface area contributed by atoms with Crippen molar-refractivity contribution in [3.8, 4) is 0 Å². The van der Waals surface area contributed by atoms with E-state index in [1.165, 1.54) is 24.3 Å². The zero-order valence-corrected chi connectivity index (χ0v) is 6.52. The van der Waals surface area contributed by atoms with E-state index >= 15 is 0 Å². The number of rotatable bonds is 2. The lowest BCUT2D eigenvalue weighted by Crippen LogP contribution is -2.22. The molecule has 1 N–H and O–H groups in total. The fourth-order valence-corrected chi connectivity index (χ4v) is 0.840. The Morgan fingerprint density at radius 3 is 2.38 bits per heavy atom. The van der Waals surface area contributed by atoms with Gasteiger partial charge in [0.1, 0.15) is 0 Å². The zero-order valence-electron chi connectivity index (χ0n) is 6.52. The third kappa shape index (κ3) is 2.14. The first-order valence-corrected chi connectivity index (χ1v) is 3.50. The summed E-state index contributed by atoms with van der Waals surface area (Å²) in [5.41, 5.74) is -0.0348. The van der Waals surface area contributed by atoms with Crippen LogP contribution in [0.15, 0.2) is 30.3 Å². The minimum Gasteiger partial charge on any atom is -0.463 e. The van der Waals surface area contributed by atoms with Crippen molar-refractivity contribution in [2.75, 3.05) is 0 Å². The van der Waals surface area contributed by atoms with Gasteiger partial charge in [-0.05, 0) is 0 Å². The van der Waals surface area contributed by atoms with Gasteiger partial charge in [-0.25, -0.2) is 9.18 Å². The van der Waals surface area contributed by atoms with Gasteiger partial charge in [0.2, 0.25) is 6.30 Å². The first-order chi connectivity index (χ1) is 6.13. The number of carboxylic acid groups (broad SMARTS) is 1. The van der Waals surface area contributed by atoms with Crippen molar-refractivity contribution in [1.82, 2.24) is 5.12 Å². The fourth-order valence-electron chi connectivity index (χ4n) is 0.840. The lowest BCUT2D eigenvalue weighted by Gasteiger charge is -2.12. The van der Waals surface area contributed by atoms with Gasteiger partial charge in [-0.1, -0.05) is 34.8 Å². The van der Waals surface area contributed by atoms with E-state index in [0.29, 0.717) is 0 Å². The number of nitrogens with zero attached hydrogens (tertiary/aromatic N) is 1. The number of alkyl halides is 1. The highest BCUT2D eigenvalue weighted by Crippen LogP contribution is 2.21. The topological polar surface area (TPSA) is 40.5 Å². The van der Waals surface area contributed by atoms with Gasteiger partial charge >= 0.3 is 6.09 Å². The van der Waals surface area contributed by atoms with Crippen molar-refractivity contribution in [3.05, 3.63) is 35.9 Å². The Hall–Kier alpha value is -1.65. The second-order valence-electron chi connectivity index (χ2n) is 2.34. The molecule has 0 aromatic heterocycles. The van der Waals surface area contributed by atoms with Crippen molar-refractivity contribution in [2.24, 2.45) is 0 Å². The summed E-state index contributed by atoms with van der Waals surface area (Å²) >= 11 is 0. The second-order valence-corrected chi connectivity index (χ2v) is 2.34. The van der Waals surface area contributed by atoms with Crippen molar-refractivity contribution in [1.29, 1.82) is 0 Å². The molecule has 0 saturated heterocycles. The average molecular weight is 187 g/mol. The van der Waals surface area contributed by atoms with Crippen molar-refractivity contribution in [2.45, 2.75) is 6.30 Å². The predicted molar refractivity (Wildman–Crippen MR) is 41.3 cm³/mol. The standard InChI is InChI=1S/C8H7F2NO2/c9-7(11(10)8(12)13)6-4-2-1-3-5-6/h1-5,7H,(H,12,13). The highest BCUT2D eigenvalue weighted by Gasteiger charge is 2.23. The summed E-state index contributed by atoms with van der Waals surface area (Å²) in [5.74, 6) is 0. The molecule has 1 rings (SSSR count). The maximum Gasteiger partial charge on any atom is 0.438 e. The SMILES string of the molecule is O=C(O)N(F)C(F)c1ccccc1. The first-order valence-electron chi connectivity index (χ1n) is 3.50. The van der Waals surface area contributed by atoms with E-state index < -0.39 is 17.5 Å². The molecule has 0 radical (unpaired) electrons. The van der Waals surface area contributed by atoms with E-state index in [2.05, 4.69) is 0 Å². The zero-order chi connectivity index (χ0) is 9.84. The quantitative estimate of drug-likeness (QED) is 0.570. The highest BCUT2D eigenvalue weighted by atomic mass is 19.2. The molecule has 70 valence electrons. The van der Waals surface area contributed by atoms with Gasteiger partial charge < -0.3 is 5.11 Å². The molecular formula is C8H7F2NO2. The Bertz CT molecular complexity index is 291. The van der Waals surface area contributed by atoms with E-state index in [1.807, 2.05) is 0 Å². The molecule has 0 spiro atoms. The molecule has 1 aromatic carbocycles. The van der Waals surface area contributed by atoms with Gasteiger partial charge in [0.25, 0.3) is 0 Å². The molecule has 1 atom stereocenters. The number of amides is 1. The molecule has 5 heteroatoms. The Kier molecular flexibility index (Phi) is 2.79. The van der Waals surface area contributed by atoms with Crippen molar-refractivity contribution >= 4 is 6.09 Å². The van der Waals surface area contributed by atoms with Crippen molar-refractivity contribution < 1.29 is 18.8 Å². The van der Waals surface area contributed by atoms with Crippen LogP contribution in [0.4, 0.5) is 13.7 Å². The maximum atomic E-state index is 12.9. The minimum atomic E-state index is -2.27. The van der Waals surface area contributed by atoms with Crippen LogP contribution in [0.1, 0.15) is 11.9 Å². The third-order valence-electron chi connectivity index (χ3n) is 1.46. The number of benzene rings is 1. The van der Waals surface area contributed by atoms with Gasteiger partial charge in [-0.3, -0.25) is 0 Å². The Balaban J connectivity index is 2.79. The van der Waals surface area contributed by atoms with Crippen LogP contribution in [-0.4, -0.2) is 16.3 Å². The summed E-state index contributed by atoms with van der Waals surface area (Å²) in [4.78, 5) is 10.0. The average Bonchev–Trinajstić information content (AvgIpc) is 2.17. The molecule has 0 bridgehead atoms. The highest BCUT2D eigenvalue weighted by molar-refractivity contribution is 5.63. The monoisotopic (exact) mass is 187 g/mol. The van der Waals surface area contributed by atoms with Crippen molar-refractivity contribution in [3.63, 3.8) is 0 Å². The molecule has 1 unspecified atom stereocenters. The Morgan fingerprint density at radius 2 is 1.92 bits per heavy atom. The van der Waals surface area contributed by atoms with E-state index in [4.69, 9.17) is 5.11 Å². The second kappa shape index (κ2) is 3.84. The third-order valence-corrected chi connectivity index (χ3v) is 1.46. The van der Waals surface area contributed by atoms with Crippen LogP contribution in [0.3, 0.4) is 0 Å². The summed E-state index contributed by atoms with van der Waals surface area (Å²) in [6.07, 6.45) is -4.21. The molecular weight excluding hydrogens is 180 g/mol. The maximum absolute atomic E-state index is 12.9. The van der Waals surface area contributed by atoms with Gasteiger partial charge in [0.15, 0.2) is 0 Å². The molecule has 1 amide bonds. The van der Waals surface area contributed by atoms with Crippen LogP contribution in [0.2, 0.25) is 0 Å². The van der Waals surface area contributed by atoms with Crippen LogP contribution >= 0.6 is 0 Å². The van der Waals surface area contributed by atoms with E-state index in [-0.39, 0.29) is 5.56 Å². The minimum absolute atomic E-state index is 0.0348. The summed E-state index contributed by atoms with van der Waals surface area (Å²) < 4.78 is 25.4. The van der Waals surface area contributed by atoms with Crippen LogP contribution in [-0.2, 0) is 0 Å². The molecule has 3 nitrogen and oxygen atoms in total. The summed E-state index contributed by atoms with van der Waals surface area (Å²) in [6.45, 7) is 0. The lowest BCUT2D eigenvalue weighted by molar-refractivity contribution is -0.0567. The van der Waals surface area contributed by atoms with Gasteiger partial charge in [-0.2, -0.15) is 0 Å². The number of hydrogen-bond donors (Lipinski definition) is 1. The number of hydrogen-bond acceptors (Lipinski definition) is 1. The normalized spacial score (nSPS) is 12.2. The smallest absolute Gasteiger partial charge is 0.438 e. The Morgan fingerprint density at radius 1 is 1.38 bits per heavy atom. The summed E-state index contributed by atoms with van der Waals surface area (Å²) in [6, 6.07) is 7.23. The number of halogens is 2. The molecule has 0 aliphatic heterocycles. The van der Waals surface area contributed by atoms with E-state index in [9.17, 15) is 13.7 Å². The fraction of sp³-hybridized carbons (Fsp3) is 0.125. The van der Waals surface area contributed by atoms with Gasteiger partial charge in [0.05, 0.1) is 0 Å². The van der Waals surface area contributed by atoms with Gasteiger partial charge in [0, 0.05) is 5.56 Å². The van der Waals surface area contributed by atoms with Crippen LogP contribution in [0, 0.1) is 0 Å². The molecule has 0 heterocycles. The lowest BCUT2D eigenvalue weighted by atomic mass is 10.2. The first kappa shape index (κ1) is 9.44. The molecule has 0 fully saturated rings. The molecule has 0 aliphatic rings. The van der Waals surface area contributed by atoms with Crippen LogP contribution in [0.5, 0.6) is 0 Å². The summed E-state index contributed by atoms with van der Waals surface area (Å²) in [5, 5.41) is 7.25. The molecule has 1 aromatic rings. The Labute approximate surface area is 73.1 Å². The van der Waals surface area contributed by atoms with E-state index in [1.54, 1.807) is 6.07 Å².